The highest BCUT2D eigenvalue weighted by Crippen LogP contribution is 2.28. The summed E-state index contributed by atoms with van der Waals surface area (Å²) in [5.74, 6) is 1.52. The van der Waals surface area contributed by atoms with E-state index >= 15 is 0 Å². The zero-order valence-corrected chi connectivity index (χ0v) is 15.7. The first kappa shape index (κ1) is 20.2. The van der Waals surface area contributed by atoms with Crippen molar-refractivity contribution in [1.29, 1.82) is 0 Å². The van der Waals surface area contributed by atoms with Crippen molar-refractivity contribution in [3.63, 3.8) is 0 Å². The maximum absolute atomic E-state index is 5.85. The number of hydrazone groups is 1. The molecule has 1 aromatic carbocycles. The van der Waals surface area contributed by atoms with Crippen molar-refractivity contribution in [3.8, 4) is 11.5 Å². The maximum Gasteiger partial charge on any atom is 0.186 e. The van der Waals surface area contributed by atoms with Crippen LogP contribution in [0.1, 0.15) is 52.0 Å². The van der Waals surface area contributed by atoms with E-state index in [9.17, 15) is 0 Å². The molecule has 0 atom stereocenters. The number of rotatable bonds is 11. The van der Waals surface area contributed by atoms with Gasteiger partial charge < -0.3 is 14.8 Å². The van der Waals surface area contributed by atoms with Crippen LogP contribution in [-0.2, 0) is 0 Å². The number of benzene rings is 1. The highest BCUT2D eigenvalue weighted by atomic mass is 32.1. The first-order chi connectivity index (χ1) is 11.7. The van der Waals surface area contributed by atoms with Gasteiger partial charge in [0.05, 0.1) is 19.4 Å². The summed E-state index contributed by atoms with van der Waals surface area (Å²) >= 11 is 5.05. The van der Waals surface area contributed by atoms with E-state index in [1.165, 1.54) is 19.3 Å². The minimum absolute atomic E-state index is 0.505. The van der Waals surface area contributed by atoms with Crippen LogP contribution >= 0.6 is 12.2 Å². The van der Waals surface area contributed by atoms with Gasteiger partial charge in [-0.25, -0.2) is 0 Å². The van der Waals surface area contributed by atoms with Crippen LogP contribution in [0.2, 0.25) is 0 Å². The lowest BCUT2D eigenvalue weighted by atomic mass is 10.2. The van der Waals surface area contributed by atoms with Gasteiger partial charge in [-0.05, 0) is 56.2 Å². The Balaban J connectivity index is 2.61. The predicted molar refractivity (Wildman–Crippen MR) is 104 cm³/mol. The summed E-state index contributed by atoms with van der Waals surface area (Å²) in [4.78, 5) is 0. The molecule has 0 bridgehead atoms. The molecule has 0 saturated heterocycles. The molecule has 5 nitrogen and oxygen atoms in total. The maximum atomic E-state index is 5.85. The molecule has 0 heterocycles. The smallest absolute Gasteiger partial charge is 0.186 e. The molecule has 0 aliphatic carbocycles. The van der Waals surface area contributed by atoms with Crippen LogP contribution in [0.15, 0.2) is 23.3 Å². The zero-order valence-electron chi connectivity index (χ0n) is 14.9. The van der Waals surface area contributed by atoms with Crippen molar-refractivity contribution in [1.82, 2.24) is 10.7 Å². The molecular weight excluding hydrogens is 322 g/mol. The largest absolute Gasteiger partial charge is 0.490 e. The monoisotopic (exact) mass is 351 g/mol. The van der Waals surface area contributed by atoms with Gasteiger partial charge in [0, 0.05) is 6.54 Å². The van der Waals surface area contributed by atoms with Crippen molar-refractivity contribution in [2.24, 2.45) is 5.10 Å². The lowest BCUT2D eigenvalue weighted by Gasteiger charge is -2.12. The van der Waals surface area contributed by atoms with Gasteiger partial charge in [0.15, 0.2) is 16.6 Å². The van der Waals surface area contributed by atoms with Crippen molar-refractivity contribution in [3.05, 3.63) is 23.8 Å². The standard InChI is InChI=1S/C18H29N3O2S/c1-4-7-8-9-12-23-16-11-10-15(13-17(16)22-6-3)14-20-21-18(24)19-5-2/h10-11,13-14H,4-9,12H2,1-3H3,(H2,19,21,24)/b20-14+. The first-order valence-corrected chi connectivity index (χ1v) is 9.08. The summed E-state index contributed by atoms with van der Waals surface area (Å²) in [6, 6.07) is 5.80. The lowest BCUT2D eigenvalue weighted by Crippen LogP contribution is -2.31. The number of nitrogens with zero attached hydrogens (tertiary/aromatic N) is 1. The van der Waals surface area contributed by atoms with Gasteiger partial charge in [0.25, 0.3) is 0 Å². The Kier molecular flexibility index (Phi) is 10.6. The van der Waals surface area contributed by atoms with Crippen molar-refractivity contribution < 1.29 is 9.47 Å². The van der Waals surface area contributed by atoms with E-state index in [1.807, 2.05) is 32.0 Å². The molecule has 0 aliphatic rings. The molecule has 0 saturated carbocycles. The van der Waals surface area contributed by atoms with Gasteiger partial charge in [0.1, 0.15) is 0 Å². The Morgan fingerprint density at radius 1 is 1.12 bits per heavy atom. The van der Waals surface area contributed by atoms with E-state index < -0.39 is 0 Å². The summed E-state index contributed by atoms with van der Waals surface area (Å²) in [5.41, 5.74) is 3.69. The second-order valence-corrected chi connectivity index (χ2v) is 5.69. The molecular formula is C18H29N3O2S. The van der Waals surface area contributed by atoms with E-state index in [0.717, 1.165) is 30.0 Å². The van der Waals surface area contributed by atoms with E-state index in [0.29, 0.717) is 18.3 Å². The van der Waals surface area contributed by atoms with Crippen molar-refractivity contribution >= 4 is 23.5 Å². The fraction of sp³-hybridized carbons (Fsp3) is 0.556. The zero-order chi connectivity index (χ0) is 17.6. The molecule has 0 aromatic heterocycles. The van der Waals surface area contributed by atoms with Crippen LogP contribution in [0.25, 0.3) is 0 Å². The second kappa shape index (κ2) is 12.6. The average Bonchev–Trinajstić information content (AvgIpc) is 2.57. The van der Waals surface area contributed by atoms with Crippen LogP contribution in [0, 0.1) is 0 Å². The third kappa shape index (κ3) is 8.15. The molecule has 0 spiro atoms. The molecule has 0 fully saturated rings. The molecule has 0 radical (unpaired) electrons. The summed E-state index contributed by atoms with van der Waals surface area (Å²) in [6.45, 7) is 8.21. The van der Waals surface area contributed by atoms with E-state index in [4.69, 9.17) is 21.7 Å². The van der Waals surface area contributed by atoms with Gasteiger partial charge in [-0.15, -0.1) is 0 Å². The van der Waals surface area contributed by atoms with Crippen LogP contribution in [0.5, 0.6) is 11.5 Å². The van der Waals surface area contributed by atoms with Crippen LogP contribution in [-0.4, -0.2) is 31.1 Å². The molecule has 24 heavy (non-hydrogen) atoms. The number of hydrogen-bond acceptors (Lipinski definition) is 4. The summed E-state index contributed by atoms with van der Waals surface area (Å²) in [6.07, 6.45) is 6.44. The molecule has 0 unspecified atom stereocenters. The number of unbranched alkanes of at least 4 members (excludes halogenated alkanes) is 3. The Morgan fingerprint density at radius 3 is 2.67 bits per heavy atom. The summed E-state index contributed by atoms with van der Waals surface area (Å²) in [5, 5.41) is 7.59. The number of ether oxygens (including phenoxy) is 2. The van der Waals surface area contributed by atoms with E-state index in [1.54, 1.807) is 6.21 Å². The molecule has 1 aromatic rings. The number of thiocarbonyl (C=S) groups is 1. The highest BCUT2D eigenvalue weighted by molar-refractivity contribution is 7.80. The molecule has 0 aliphatic heterocycles. The minimum atomic E-state index is 0.505. The molecule has 6 heteroatoms. The molecule has 2 N–H and O–H groups in total. The predicted octanol–water partition coefficient (Wildman–Crippen LogP) is 3.86. The highest BCUT2D eigenvalue weighted by Gasteiger charge is 2.06. The van der Waals surface area contributed by atoms with E-state index in [-0.39, 0.29) is 0 Å². The number of hydrogen-bond donors (Lipinski definition) is 2. The van der Waals surface area contributed by atoms with Crippen LogP contribution in [0.4, 0.5) is 0 Å². The minimum Gasteiger partial charge on any atom is -0.490 e. The fourth-order valence-electron chi connectivity index (χ4n) is 2.07. The van der Waals surface area contributed by atoms with Crippen LogP contribution in [0.3, 0.4) is 0 Å². The van der Waals surface area contributed by atoms with Gasteiger partial charge in [-0.2, -0.15) is 5.10 Å². The molecule has 1 rings (SSSR count). The third-order valence-corrected chi connectivity index (χ3v) is 3.48. The van der Waals surface area contributed by atoms with Gasteiger partial charge in [0.2, 0.25) is 0 Å². The Labute approximate surface area is 150 Å². The Morgan fingerprint density at radius 2 is 1.96 bits per heavy atom. The topological polar surface area (TPSA) is 54.9 Å². The van der Waals surface area contributed by atoms with Gasteiger partial charge in [-0.1, -0.05) is 26.2 Å². The van der Waals surface area contributed by atoms with Gasteiger partial charge in [-0.3, -0.25) is 5.43 Å². The quantitative estimate of drug-likeness (QED) is 0.274. The van der Waals surface area contributed by atoms with Crippen molar-refractivity contribution in [2.45, 2.75) is 46.5 Å². The number of nitrogens with one attached hydrogen (secondary N) is 2. The lowest BCUT2D eigenvalue weighted by molar-refractivity contribution is 0.270. The Hall–Kier alpha value is -1.82. The van der Waals surface area contributed by atoms with Crippen LogP contribution < -0.4 is 20.2 Å². The Bertz CT molecular complexity index is 521. The normalized spacial score (nSPS) is 10.6. The summed E-state index contributed by atoms with van der Waals surface area (Å²) < 4.78 is 11.5. The molecule has 0 amide bonds. The van der Waals surface area contributed by atoms with Gasteiger partial charge >= 0.3 is 0 Å². The third-order valence-electron chi connectivity index (χ3n) is 3.24. The second-order valence-electron chi connectivity index (χ2n) is 5.28. The van der Waals surface area contributed by atoms with Crippen molar-refractivity contribution in [2.75, 3.05) is 19.8 Å². The van der Waals surface area contributed by atoms with E-state index in [2.05, 4.69) is 22.8 Å². The first-order valence-electron chi connectivity index (χ1n) is 8.67. The fourth-order valence-corrected chi connectivity index (χ4v) is 2.27. The summed E-state index contributed by atoms with van der Waals surface area (Å²) in [7, 11) is 0. The average molecular weight is 352 g/mol. The SMILES string of the molecule is CCCCCCOc1ccc(/C=N/NC(=S)NCC)cc1OCC. The molecule has 134 valence electrons.